The smallest absolute Gasteiger partial charge is 0.258 e. The fourth-order valence-electron chi connectivity index (χ4n) is 1.52. The van der Waals surface area contributed by atoms with Gasteiger partial charge < -0.3 is 10.4 Å². The molecule has 0 radical (unpaired) electrons. The molecule has 96 valence electrons. The quantitative estimate of drug-likeness (QED) is 0.467. The van der Waals surface area contributed by atoms with Crippen molar-refractivity contribution in [1.29, 1.82) is 10.5 Å². The molecular weight excluding hydrogens is 242 g/mol. The molecule has 1 heterocycles. The topological polar surface area (TPSA) is 108 Å². The van der Waals surface area contributed by atoms with E-state index in [2.05, 4.69) is 18.2 Å². The third kappa shape index (κ3) is 3.69. The summed E-state index contributed by atoms with van der Waals surface area (Å²) >= 11 is 0. The van der Waals surface area contributed by atoms with Gasteiger partial charge in [0.15, 0.2) is 0 Å². The Kier molecular flexibility index (Phi) is 6.72. The number of nitriles is 2. The van der Waals surface area contributed by atoms with Crippen LogP contribution in [-0.4, -0.2) is 10.8 Å². The van der Waals surface area contributed by atoms with Crippen molar-refractivity contribution in [2.75, 3.05) is 0 Å². The first-order valence-corrected chi connectivity index (χ1v) is 5.06. The van der Waals surface area contributed by atoms with Gasteiger partial charge in [-0.25, -0.2) is 10.5 Å². The molecule has 2 aromatic rings. The summed E-state index contributed by atoms with van der Waals surface area (Å²) in [6.07, 6.45) is 3.27. The summed E-state index contributed by atoms with van der Waals surface area (Å²) in [7, 11) is 1.73. The van der Waals surface area contributed by atoms with Gasteiger partial charge >= 0.3 is 0 Å². The molecule has 6 nitrogen and oxygen atoms in total. The fourth-order valence-corrected chi connectivity index (χ4v) is 1.52. The Balaban J connectivity index is 0.000000741. The molecule has 0 saturated heterocycles. The number of hydrogen-bond donors (Lipinski definition) is 1. The van der Waals surface area contributed by atoms with Crippen molar-refractivity contribution in [2.45, 2.75) is 0 Å². The van der Waals surface area contributed by atoms with E-state index < -0.39 is 0 Å². The number of rotatable bonds is 1. The lowest BCUT2D eigenvalue weighted by Gasteiger charge is -2.01. The zero-order valence-corrected chi connectivity index (χ0v) is 10.4. The van der Waals surface area contributed by atoms with Crippen LogP contribution in [0, 0.1) is 23.7 Å². The van der Waals surface area contributed by atoms with E-state index in [0.29, 0.717) is 5.39 Å². The summed E-state index contributed by atoms with van der Waals surface area (Å²) in [6, 6.07) is 7.44. The minimum absolute atomic E-state index is 0.0141. The number of aromatic nitrogens is 1. The standard InChI is InChI=1S/C11H11N3O.2CHN/c1-14-5-4-9-3-2-8(7-13-12)6-10(9)11(14)15;2*1-2/h2-7H,12H2,1H3;2*1H. The molecule has 1 aromatic heterocycles. The summed E-state index contributed by atoms with van der Waals surface area (Å²) < 4.78 is 1.55. The molecule has 0 unspecified atom stereocenters. The van der Waals surface area contributed by atoms with E-state index in [0.717, 1.165) is 10.9 Å². The number of benzene rings is 1. The van der Waals surface area contributed by atoms with Crippen LogP contribution >= 0.6 is 0 Å². The Labute approximate surface area is 110 Å². The predicted octanol–water partition coefficient (Wildman–Crippen LogP) is 1.11. The number of nitrogens with two attached hydrogens (primary N) is 1. The highest BCUT2D eigenvalue weighted by Gasteiger charge is 2.00. The maximum Gasteiger partial charge on any atom is 0.258 e. The lowest BCUT2D eigenvalue weighted by molar-refractivity contribution is 0.873. The molecule has 0 saturated carbocycles. The minimum Gasteiger partial charge on any atom is -0.323 e. The van der Waals surface area contributed by atoms with Crippen LogP contribution in [0.5, 0.6) is 0 Å². The van der Waals surface area contributed by atoms with E-state index in [-0.39, 0.29) is 5.56 Å². The normalized spacial score (nSPS) is 9.11. The van der Waals surface area contributed by atoms with Gasteiger partial charge in [-0.05, 0) is 23.1 Å². The van der Waals surface area contributed by atoms with E-state index in [4.69, 9.17) is 16.4 Å². The Morgan fingerprint density at radius 3 is 2.47 bits per heavy atom. The first-order chi connectivity index (χ1) is 9.22. The second-order valence-electron chi connectivity index (χ2n) is 3.36. The van der Waals surface area contributed by atoms with Gasteiger partial charge in [-0.15, -0.1) is 0 Å². The zero-order valence-electron chi connectivity index (χ0n) is 10.4. The van der Waals surface area contributed by atoms with Crippen molar-refractivity contribution < 1.29 is 0 Å². The van der Waals surface area contributed by atoms with Crippen molar-refractivity contribution in [3.63, 3.8) is 0 Å². The van der Waals surface area contributed by atoms with E-state index >= 15 is 0 Å². The van der Waals surface area contributed by atoms with Crippen LogP contribution in [0.1, 0.15) is 5.56 Å². The summed E-state index contributed by atoms with van der Waals surface area (Å²) in [5.41, 5.74) is 0.813. The van der Waals surface area contributed by atoms with Crippen molar-refractivity contribution in [3.05, 3.63) is 46.4 Å². The molecule has 0 atom stereocenters. The highest BCUT2D eigenvalue weighted by atomic mass is 16.1. The number of hydrogen-bond acceptors (Lipinski definition) is 5. The van der Waals surface area contributed by atoms with E-state index in [1.165, 1.54) is 6.21 Å². The lowest BCUT2D eigenvalue weighted by atomic mass is 10.1. The van der Waals surface area contributed by atoms with Crippen LogP contribution < -0.4 is 11.4 Å². The van der Waals surface area contributed by atoms with Crippen LogP contribution in [0.2, 0.25) is 0 Å². The monoisotopic (exact) mass is 255 g/mol. The molecule has 6 heteroatoms. The summed E-state index contributed by atoms with van der Waals surface area (Å²) in [6.45, 7) is 7.00. The highest BCUT2D eigenvalue weighted by Crippen LogP contribution is 2.10. The second-order valence-corrected chi connectivity index (χ2v) is 3.36. The lowest BCUT2D eigenvalue weighted by Crippen LogP contribution is -2.15. The van der Waals surface area contributed by atoms with Crippen molar-refractivity contribution in [1.82, 2.24) is 4.57 Å². The first kappa shape index (κ1) is 15.9. The van der Waals surface area contributed by atoms with Crippen molar-refractivity contribution >= 4 is 17.0 Å². The molecule has 19 heavy (non-hydrogen) atoms. The SMILES string of the molecule is C#N.C#N.Cn1ccc2ccc(C=NN)cc2c1=O. The average Bonchev–Trinajstić information content (AvgIpc) is 2.48. The first-order valence-electron chi connectivity index (χ1n) is 5.06. The largest absolute Gasteiger partial charge is 0.323 e. The molecule has 2 rings (SSSR count). The number of fused-ring (bicyclic) bond motifs is 1. The Bertz CT molecular complexity index is 661. The van der Waals surface area contributed by atoms with Gasteiger partial charge in [-0.3, -0.25) is 4.79 Å². The van der Waals surface area contributed by atoms with E-state index in [1.54, 1.807) is 23.9 Å². The van der Waals surface area contributed by atoms with E-state index in [1.807, 2.05) is 18.2 Å². The highest BCUT2D eigenvalue weighted by molar-refractivity contribution is 5.89. The molecule has 0 aliphatic carbocycles. The van der Waals surface area contributed by atoms with Crippen LogP contribution in [0.3, 0.4) is 0 Å². The summed E-state index contributed by atoms with van der Waals surface area (Å²) in [4.78, 5) is 11.8. The Morgan fingerprint density at radius 2 is 1.89 bits per heavy atom. The number of hydrazone groups is 1. The molecule has 2 N–H and O–H groups in total. The molecule has 0 aliphatic heterocycles. The molecule has 0 aliphatic rings. The van der Waals surface area contributed by atoms with Gasteiger partial charge in [0.25, 0.3) is 5.56 Å². The third-order valence-corrected chi connectivity index (χ3v) is 2.33. The number of nitrogens with zero attached hydrogens (tertiary/aromatic N) is 4. The Hall–Kier alpha value is -3.12. The maximum atomic E-state index is 11.8. The van der Waals surface area contributed by atoms with Crippen LogP contribution in [0.15, 0.2) is 40.4 Å². The molecule has 1 aromatic carbocycles. The molecule has 0 amide bonds. The Morgan fingerprint density at radius 1 is 1.26 bits per heavy atom. The number of pyridine rings is 1. The fraction of sp³-hybridized carbons (Fsp3) is 0.0769. The van der Waals surface area contributed by atoms with Gasteiger partial charge in [0, 0.05) is 31.8 Å². The minimum atomic E-state index is -0.0141. The van der Waals surface area contributed by atoms with Crippen LogP contribution in [-0.2, 0) is 7.05 Å². The van der Waals surface area contributed by atoms with Crippen molar-refractivity contribution in [3.8, 4) is 13.1 Å². The molecular formula is C13H13N5O. The molecule has 0 bridgehead atoms. The van der Waals surface area contributed by atoms with Crippen molar-refractivity contribution in [2.24, 2.45) is 18.0 Å². The maximum absolute atomic E-state index is 11.8. The predicted molar refractivity (Wildman–Crippen MR) is 74.3 cm³/mol. The zero-order chi connectivity index (χ0) is 14.8. The van der Waals surface area contributed by atoms with Gasteiger partial charge in [-0.2, -0.15) is 5.10 Å². The van der Waals surface area contributed by atoms with Gasteiger partial charge in [-0.1, -0.05) is 12.1 Å². The van der Waals surface area contributed by atoms with Crippen LogP contribution in [0.4, 0.5) is 0 Å². The van der Waals surface area contributed by atoms with Gasteiger partial charge in [0.1, 0.15) is 0 Å². The molecule has 0 fully saturated rings. The van der Waals surface area contributed by atoms with Gasteiger partial charge in [0.2, 0.25) is 0 Å². The van der Waals surface area contributed by atoms with E-state index in [9.17, 15) is 4.79 Å². The number of aryl methyl sites for hydroxylation is 1. The van der Waals surface area contributed by atoms with Crippen LogP contribution in [0.25, 0.3) is 10.8 Å². The average molecular weight is 255 g/mol. The summed E-state index contributed by atoms with van der Waals surface area (Å²) in [5, 5.41) is 18.0. The third-order valence-electron chi connectivity index (χ3n) is 2.33. The second kappa shape index (κ2) is 8.04. The summed E-state index contributed by atoms with van der Waals surface area (Å²) in [5.74, 6) is 5.06. The molecule has 0 spiro atoms. The van der Waals surface area contributed by atoms with Gasteiger partial charge in [0.05, 0.1) is 6.21 Å².